The lowest BCUT2D eigenvalue weighted by molar-refractivity contribution is 0.372. The monoisotopic (exact) mass is 374 g/mol. The maximum Gasteiger partial charge on any atom is 0.194 e. The van der Waals surface area contributed by atoms with Crippen LogP contribution in [0.25, 0.3) is 0 Å². The number of anilines is 1. The maximum atomic E-state index is 6.19. The van der Waals surface area contributed by atoms with Gasteiger partial charge in [-0.15, -0.1) is 0 Å². The molecule has 0 amide bonds. The van der Waals surface area contributed by atoms with Crippen LogP contribution >= 0.6 is 11.6 Å². The smallest absolute Gasteiger partial charge is 0.194 e. The third kappa shape index (κ3) is 4.30. The molecule has 1 aliphatic heterocycles. The van der Waals surface area contributed by atoms with Crippen molar-refractivity contribution in [3.63, 3.8) is 0 Å². The van der Waals surface area contributed by atoms with Crippen LogP contribution in [0.4, 0.5) is 5.69 Å². The number of aliphatic imine (C=N–C) groups is 1. The summed E-state index contributed by atoms with van der Waals surface area (Å²) in [7, 11) is 1.95. The third-order valence-corrected chi connectivity index (χ3v) is 4.97. The van der Waals surface area contributed by atoms with E-state index in [2.05, 4.69) is 46.2 Å². The molecule has 2 aromatic rings. The van der Waals surface area contributed by atoms with Gasteiger partial charge in [0.25, 0.3) is 0 Å². The van der Waals surface area contributed by atoms with E-state index in [1.807, 2.05) is 30.1 Å². The van der Waals surface area contributed by atoms with Crippen molar-refractivity contribution in [3.05, 3.63) is 46.7 Å². The summed E-state index contributed by atoms with van der Waals surface area (Å²) in [5.41, 5.74) is 3.60. The maximum absolute atomic E-state index is 6.19. The number of hydrogen-bond acceptors (Lipinski definition) is 3. The second-order valence-corrected chi connectivity index (χ2v) is 6.96. The fourth-order valence-electron chi connectivity index (χ4n) is 3.22. The van der Waals surface area contributed by atoms with Crippen LogP contribution in [0.3, 0.4) is 0 Å². The summed E-state index contributed by atoms with van der Waals surface area (Å²) < 4.78 is 1.87. The molecule has 1 fully saturated rings. The largest absolute Gasteiger partial charge is 0.368 e. The van der Waals surface area contributed by atoms with Crippen LogP contribution in [0, 0.1) is 6.92 Å². The molecule has 0 spiro atoms. The topological polar surface area (TPSA) is 48.7 Å². The van der Waals surface area contributed by atoms with Gasteiger partial charge in [-0.25, -0.2) is 4.99 Å². The van der Waals surface area contributed by atoms with Gasteiger partial charge in [0, 0.05) is 56.7 Å². The molecule has 0 atom stereocenters. The van der Waals surface area contributed by atoms with E-state index in [0.717, 1.165) is 49.4 Å². The first-order chi connectivity index (χ1) is 12.6. The van der Waals surface area contributed by atoms with E-state index in [-0.39, 0.29) is 0 Å². The first-order valence-corrected chi connectivity index (χ1v) is 9.47. The van der Waals surface area contributed by atoms with Crippen molar-refractivity contribution in [2.24, 2.45) is 12.0 Å². The van der Waals surface area contributed by atoms with Gasteiger partial charge in [-0.1, -0.05) is 17.7 Å². The van der Waals surface area contributed by atoms with Gasteiger partial charge in [0.15, 0.2) is 5.96 Å². The van der Waals surface area contributed by atoms with E-state index in [9.17, 15) is 0 Å². The summed E-state index contributed by atoms with van der Waals surface area (Å²) in [6.07, 6.45) is 1.81. The summed E-state index contributed by atoms with van der Waals surface area (Å²) in [6.45, 7) is 9.51. The van der Waals surface area contributed by atoms with Crippen molar-refractivity contribution in [2.45, 2.75) is 20.4 Å². The highest BCUT2D eigenvalue weighted by Crippen LogP contribution is 2.25. The Hall–Kier alpha value is -2.21. The number of benzene rings is 1. The van der Waals surface area contributed by atoms with E-state index in [1.165, 1.54) is 11.3 Å². The van der Waals surface area contributed by atoms with Crippen LogP contribution in [0.15, 0.2) is 35.5 Å². The lowest BCUT2D eigenvalue weighted by atomic mass is 10.1. The highest BCUT2D eigenvalue weighted by molar-refractivity contribution is 6.30. The van der Waals surface area contributed by atoms with Crippen molar-refractivity contribution in [1.82, 2.24) is 20.0 Å². The van der Waals surface area contributed by atoms with Gasteiger partial charge in [-0.2, -0.15) is 5.10 Å². The molecular formula is C19H27ClN6. The van der Waals surface area contributed by atoms with Crippen molar-refractivity contribution in [3.8, 4) is 0 Å². The number of guanidine groups is 1. The summed E-state index contributed by atoms with van der Waals surface area (Å²) in [5.74, 6) is 0.969. The Bertz CT molecular complexity index is 761. The Morgan fingerprint density at radius 2 is 2.00 bits per heavy atom. The molecule has 6 nitrogen and oxygen atoms in total. The first kappa shape index (κ1) is 18.6. The lowest BCUT2D eigenvalue weighted by Gasteiger charge is -2.38. The summed E-state index contributed by atoms with van der Waals surface area (Å²) >= 11 is 6.19. The Morgan fingerprint density at radius 1 is 1.23 bits per heavy atom. The fraction of sp³-hybridized carbons (Fsp3) is 0.474. The SMILES string of the molecule is CCNC(=NCc1ccnn1C)N1CCN(c2cc(Cl)ccc2C)CC1. The minimum absolute atomic E-state index is 0.631. The molecule has 1 saturated heterocycles. The van der Waals surface area contributed by atoms with E-state index >= 15 is 0 Å². The second kappa shape index (κ2) is 8.45. The van der Waals surface area contributed by atoms with E-state index in [4.69, 9.17) is 16.6 Å². The van der Waals surface area contributed by atoms with Crippen molar-refractivity contribution in [1.29, 1.82) is 0 Å². The summed E-state index contributed by atoms with van der Waals surface area (Å²) in [5, 5.41) is 8.41. The zero-order valence-electron chi connectivity index (χ0n) is 15.7. The molecule has 0 bridgehead atoms. The number of piperazine rings is 1. The third-order valence-electron chi connectivity index (χ3n) is 4.74. The molecule has 140 valence electrons. The summed E-state index contributed by atoms with van der Waals surface area (Å²) in [4.78, 5) is 9.54. The molecule has 0 unspecified atom stereocenters. The van der Waals surface area contributed by atoms with Crippen LogP contribution in [-0.4, -0.2) is 53.4 Å². The molecule has 3 rings (SSSR count). The number of nitrogens with zero attached hydrogens (tertiary/aromatic N) is 5. The number of rotatable bonds is 4. The molecule has 1 N–H and O–H groups in total. The molecule has 1 aliphatic rings. The van der Waals surface area contributed by atoms with Gasteiger partial charge in [0.1, 0.15) is 0 Å². The highest BCUT2D eigenvalue weighted by Gasteiger charge is 2.21. The normalized spacial score (nSPS) is 15.5. The van der Waals surface area contributed by atoms with Gasteiger partial charge in [0.05, 0.1) is 12.2 Å². The zero-order chi connectivity index (χ0) is 18.5. The van der Waals surface area contributed by atoms with E-state index in [0.29, 0.717) is 6.54 Å². The van der Waals surface area contributed by atoms with E-state index in [1.54, 1.807) is 0 Å². The average molecular weight is 375 g/mol. The van der Waals surface area contributed by atoms with Gasteiger partial charge >= 0.3 is 0 Å². The first-order valence-electron chi connectivity index (χ1n) is 9.09. The number of aryl methyl sites for hydroxylation is 2. The van der Waals surface area contributed by atoms with Crippen LogP contribution in [0.2, 0.25) is 5.02 Å². The summed E-state index contributed by atoms with van der Waals surface area (Å²) in [6, 6.07) is 8.11. The Kier molecular flexibility index (Phi) is 6.04. The van der Waals surface area contributed by atoms with Crippen LogP contribution in [0.1, 0.15) is 18.2 Å². The van der Waals surface area contributed by atoms with Gasteiger partial charge in [-0.3, -0.25) is 4.68 Å². The number of halogens is 1. The number of nitrogens with one attached hydrogen (secondary N) is 1. The quantitative estimate of drug-likeness (QED) is 0.660. The molecule has 0 saturated carbocycles. The molecule has 1 aromatic carbocycles. The zero-order valence-corrected chi connectivity index (χ0v) is 16.5. The molecule has 0 aliphatic carbocycles. The van der Waals surface area contributed by atoms with E-state index < -0.39 is 0 Å². The van der Waals surface area contributed by atoms with Gasteiger partial charge in [-0.05, 0) is 37.6 Å². The van der Waals surface area contributed by atoms with Crippen LogP contribution in [0.5, 0.6) is 0 Å². The van der Waals surface area contributed by atoms with Gasteiger partial charge < -0.3 is 15.1 Å². The molecule has 26 heavy (non-hydrogen) atoms. The predicted molar refractivity (Wildman–Crippen MR) is 108 cm³/mol. The van der Waals surface area contributed by atoms with Crippen LogP contribution < -0.4 is 10.2 Å². The van der Waals surface area contributed by atoms with Crippen molar-refractivity contribution < 1.29 is 0 Å². The molecule has 7 heteroatoms. The fourth-order valence-corrected chi connectivity index (χ4v) is 3.39. The number of hydrogen-bond donors (Lipinski definition) is 1. The highest BCUT2D eigenvalue weighted by atomic mass is 35.5. The molecule has 2 heterocycles. The average Bonchev–Trinajstić information content (AvgIpc) is 3.06. The predicted octanol–water partition coefficient (Wildman–Crippen LogP) is 2.67. The minimum Gasteiger partial charge on any atom is -0.368 e. The molecular weight excluding hydrogens is 348 g/mol. The van der Waals surface area contributed by atoms with Crippen LogP contribution in [-0.2, 0) is 13.6 Å². The lowest BCUT2D eigenvalue weighted by Crippen LogP contribution is -2.52. The molecule has 1 aromatic heterocycles. The van der Waals surface area contributed by atoms with Gasteiger partial charge in [0.2, 0.25) is 0 Å². The standard InChI is InChI=1S/C19H27ClN6/c1-4-21-19(22-14-17-7-8-23-24(17)3)26-11-9-25(10-12-26)18-13-16(20)6-5-15(18)2/h5-8,13H,4,9-12,14H2,1-3H3,(H,21,22). The van der Waals surface area contributed by atoms with Crippen molar-refractivity contribution in [2.75, 3.05) is 37.6 Å². The Balaban J connectivity index is 1.66. The Labute approximate surface area is 160 Å². The number of aromatic nitrogens is 2. The van der Waals surface area contributed by atoms with Crippen molar-refractivity contribution >= 4 is 23.2 Å². The Morgan fingerprint density at radius 3 is 2.65 bits per heavy atom. The second-order valence-electron chi connectivity index (χ2n) is 6.52. The minimum atomic E-state index is 0.631. The molecule has 0 radical (unpaired) electrons.